The van der Waals surface area contributed by atoms with Crippen LogP contribution in [0.3, 0.4) is 0 Å². The van der Waals surface area contributed by atoms with Gasteiger partial charge in [0.1, 0.15) is 28.9 Å². The smallest absolute Gasteiger partial charge is 0.373 e. The summed E-state index contributed by atoms with van der Waals surface area (Å²) in [4.78, 5) is 36.1. The maximum absolute atomic E-state index is 13.6. The van der Waals surface area contributed by atoms with Crippen molar-refractivity contribution in [2.75, 3.05) is 25.5 Å². The second kappa shape index (κ2) is 10.3. The van der Waals surface area contributed by atoms with Gasteiger partial charge in [0.05, 0.1) is 16.5 Å². The lowest BCUT2D eigenvalue weighted by molar-refractivity contribution is -0.138. The number of aryl methyl sites for hydroxylation is 2. The Balaban J connectivity index is 1.85. The van der Waals surface area contributed by atoms with Crippen molar-refractivity contribution in [3.05, 3.63) is 62.7 Å². The first-order chi connectivity index (χ1) is 18.3. The van der Waals surface area contributed by atoms with Crippen molar-refractivity contribution >= 4 is 22.8 Å². The highest BCUT2D eigenvalue weighted by atomic mass is 19.4. The highest BCUT2D eigenvalue weighted by molar-refractivity contribution is 5.88. The zero-order valence-corrected chi connectivity index (χ0v) is 22.4. The van der Waals surface area contributed by atoms with Crippen LogP contribution in [0.1, 0.15) is 53.9 Å². The topological polar surface area (TPSA) is 89.4 Å². The lowest BCUT2D eigenvalue weighted by atomic mass is 9.84. The highest BCUT2D eigenvalue weighted by Crippen LogP contribution is 2.38. The maximum atomic E-state index is 13.6. The molecule has 1 N–H and O–H groups in total. The van der Waals surface area contributed by atoms with Gasteiger partial charge in [-0.15, -0.1) is 6.42 Å². The summed E-state index contributed by atoms with van der Waals surface area (Å²) in [5.41, 5.74) is -0.999. The number of carbonyl (C=O) groups excluding carboxylic acids is 1. The van der Waals surface area contributed by atoms with Gasteiger partial charge in [-0.2, -0.15) is 13.2 Å². The van der Waals surface area contributed by atoms with Crippen LogP contribution in [-0.2, 0) is 28.4 Å². The number of hydrogen-bond acceptors (Lipinski definition) is 6. The van der Waals surface area contributed by atoms with Crippen LogP contribution in [-0.4, -0.2) is 45.5 Å². The summed E-state index contributed by atoms with van der Waals surface area (Å²) in [5, 5.41) is 3.58. The number of hydrogen-bond donors (Lipinski definition) is 1. The van der Waals surface area contributed by atoms with Crippen LogP contribution in [0.15, 0.2) is 29.1 Å². The van der Waals surface area contributed by atoms with Gasteiger partial charge in [-0.05, 0) is 49.9 Å². The van der Waals surface area contributed by atoms with Gasteiger partial charge in [0.25, 0.3) is 5.56 Å². The van der Waals surface area contributed by atoms with Gasteiger partial charge in [0, 0.05) is 34.2 Å². The van der Waals surface area contributed by atoms with E-state index < -0.39 is 23.4 Å². The third kappa shape index (κ3) is 5.08. The number of halogens is 3. The molecule has 3 aromatic rings. The van der Waals surface area contributed by atoms with E-state index in [1.165, 1.54) is 31.6 Å². The minimum atomic E-state index is -4.53. The van der Waals surface area contributed by atoms with E-state index in [9.17, 15) is 22.8 Å². The molecule has 1 saturated heterocycles. The van der Waals surface area contributed by atoms with Crippen molar-refractivity contribution in [1.29, 1.82) is 0 Å². The van der Waals surface area contributed by atoms with Crippen LogP contribution in [0.5, 0.6) is 0 Å². The van der Waals surface area contributed by atoms with E-state index in [0.29, 0.717) is 48.4 Å². The predicted octanol–water partition coefficient (Wildman–Crippen LogP) is 4.23. The van der Waals surface area contributed by atoms with Gasteiger partial charge in [-0.1, -0.05) is 18.1 Å². The number of ether oxygens (including phenoxy) is 1. The van der Waals surface area contributed by atoms with Crippen LogP contribution in [0, 0.1) is 26.2 Å². The van der Waals surface area contributed by atoms with Crippen molar-refractivity contribution in [2.45, 2.75) is 51.4 Å². The molecule has 1 aromatic carbocycles. The second-order valence-corrected chi connectivity index (χ2v) is 9.74. The number of rotatable bonds is 5. The number of pyridine rings is 1. The van der Waals surface area contributed by atoms with Crippen molar-refractivity contribution < 1.29 is 22.7 Å². The van der Waals surface area contributed by atoms with Crippen LogP contribution in [0.4, 0.5) is 19.0 Å². The van der Waals surface area contributed by atoms with Crippen molar-refractivity contribution in [3.8, 4) is 12.3 Å². The summed E-state index contributed by atoms with van der Waals surface area (Å²) < 4.78 is 48.0. The molecule has 1 atom stereocenters. The van der Waals surface area contributed by atoms with Gasteiger partial charge < -0.3 is 15.0 Å². The third-order valence-corrected chi connectivity index (χ3v) is 7.52. The van der Waals surface area contributed by atoms with Crippen LogP contribution in [0.25, 0.3) is 11.0 Å². The molecular formula is C28H30F3N5O3. The first-order valence-electron chi connectivity index (χ1n) is 12.4. The number of nitrogens with zero attached hydrogens (tertiary/aromatic N) is 4. The van der Waals surface area contributed by atoms with E-state index in [-0.39, 0.29) is 28.4 Å². The van der Waals surface area contributed by atoms with E-state index in [1.54, 1.807) is 31.0 Å². The maximum Gasteiger partial charge on any atom is 0.416 e. The number of piperidine rings is 1. The quantitative estimate of drug-likeness (QED) is 0.487. The Morgan fingerprint density at radius 1 is 1.23 bits per heavy atom. The van der Waals surface area contributed by atoms with Crippen LogP contribution in [0.2, 0.25) is 0 Å². The molecule has 3 heterocycles. The number of fused-ring (bicyclic) bond motifs is 1. The molecule has 39 heavy (non-hydrogen) atoms. The molecule has 1 aliphatic heterocycles. The zero-order chi connectivity index (χ0) is 28.7. The molecular weight excluding hydrogens is 511 g/mol. The minimum absolute atomic E-state index is 0.0131. The molecule has 4 rings (SSSR count). The summed E-state index contributed by atoms with van der Waals surface area (Å²) in [7, 11) is 3.12. The lowest BCUT2D eigenvalue weighted by Crippen LogP contribution is -2.48. The van der Waals surface area contributed by atoms with Crippen molar-refractivity contribution in [1.82, 2.24) is 19.4 Å². The average Bonchev–Trinajstić information content (AvgIpc) is 2.89. The Morgan fingerprint density at radius 3 is 2.46 bits per heavy atom. The predicted molar refractivity (Wildman–Crippen MR) is 141 cm³/mol. The molecule has 1 amide bonds. The molecule has 0 spiro atoms. The Hall–Kier alpha value is -3.91. The zero-order valence-electron chi connectivity index (χ0n) is 22.4. The Bertz CT molecular complexity index is 1530. The second-order valence-electron chi connectivity index (χ2n) is 9.74. The Labute approximate surface area is 224 Å². The molecule has 0 radical (unpaired) electrons. The fraction of sp³-hybridized carbons (Fsp3) is 0.429. The molecule has 0 saturated carbocycles. The summed E-state index contributed by atoms with van der Waals surface area (Å²) >= 11 is 0. The summed E-state index contributed by atoms with van der Waals surface area (Å²) in [6.07, 6.45) is 2.09. The first-order valence-corrected chi connectivity index (χ1v) is 12.4. The molecule has 206 valence electrons. The van der Waals surface area contributed by atoms with E-state index in [2.05, 4.69) is 21.2 Å². The molecule has 0 aliphatic carbocycles. The fourth-order valence-corrected chi connectivity index (χ4v) is 5.26. The van der Waals surface area contributed by atoms with Crippen molar-refractivity contribution in [2.24, 2.45) is 7.05 Å². The minimum Gasteiger partial charge on any atom is -0.373 e. The summed E-state index contributed by atoms with van der Waals surface area (Å²) in [6.45, 7) is 5.38. The molecule has 8 nitrogen and oxygen atoms in total. The van der Waals surface area contributed by atoms with E-state index in [4.69, 9.17) is 11.2 Å². The van der Waals surface area contributed by atoms with Crippen molar-refractivity contribution in [3.63, 3.8) is 0 Å². The van der Waals surface area contributed by atoms with E-state index in [1.807, 2.05) is 0 Å². The number of terminal acetylenes is 1. The van der Waals surface area contributed by atoms with Gasteiger partial charge in [0.2, 0.25) is 5.91 Å². The van der Waals surface area contributed by atoms with Gasteiger partial charge in [0.15, 0.2) is 0 Å². The summed E-state index contributed by atoms with van der Waals surface area (Å²) in [5.74, 6) is 3.12. The number of benzene rings is 1. The average molecular weight is 542 g/mol. The third-order valence-electron chi connectivity index (χ3n) is 7.52. The van der Waals surface area contributed by atoms with Crippen LogP contribution < -0.4 is 10.9 Å². The molecule has 2 aromatic heterocycles. The van der Waals surface area contributed by atoms with Gasteiger partial charge in [-0.25, -0.2) is 9.97 Å². The molecule has 0 bridgehead atoms. The Morgan fingerprint density at radius 2 is 1.90 bits per heavy atom. The van der Waals surface area contributed by atoms with E-state index >= 15 is 0 Å². The highest BCUT2D eigenvalue weighted by Gasteiger charge is 2.40. The SMILES string of the molecule is C#C[C@@H](Nc1nc(C)nc2c1cc(C1(OC)CCN(C(C)=O)CC1)c(=O)n2C)c1cccc(C(F)(F)F)c1C. The van der Waals surface area contributed by atoms with Gasteiger partial charge in [-0.3, -0.25) is 14.2 Å². The standard InChI is InChI=1S/C28H30F3N5O3/c1-7-23(19-9-8-10-21(16(19)2)28(29,30)31)34-24-20-15-22(26(38)35(5)25(20)33-17(3)32-24)27(39-6)11-13-36(14-12-27)18(4)37/h1,8-10,15,23H,11-14H2,2-6H3,(H,32,33,34)/t23-/m1/s1. The number of anilines is 1. The largest absolute Gasteiger partial charge is 0.416 e. The monoisotopic (exact) mass is 541 g/mol. The van der Waals surface area contributed by atoms with E-state index in [0.717, 1.165) is 6.07 Å². The number of aromatic nitrogens is 3. The number of nitrogens with one attached hydrogen (secondary N) is 1. The molecule has 1 aliphatic rings. The molecule has 0 unspecified atom stereocenters. The van der Waals surface area contributed by atoms with Gasteiger partial charge >= 0.3 is 6.18 Å². The number of likely N-dealkylation sites (tertiary alicyclic amines) is 1. The molecule has 11 heteroatoms. The fourth-order valence-electron chi connectivity index (χ4n) is 5.26. The number of amides is 1. The lowest BCUT2D eigenvalue weighted by Gasteiger charge is -2.40. The Kier molecular flexibility index (Phi) is 7.45. The number of carbonyl (C=O) groups is 1. The normalized spacial score (nSPS) is 16.1. The molecule has 1 fully saturated rings. The first kappa shape index (κ1) is 28.1. The van der Waals surface area contributed by atoms with Crippen LogP contribution >= 0.6 is 0 Å². The number of methoxy groups -OCH3 is 1. The number of alkyl halides is 3. The summed E-state index contributed by atoms with van der Waals surface area (Å²) in [6, 6.07) is 4.60.